The van der Waals surface area contributed by atoms with Gasteiger partial charge in [0.1, 0.15) is 5.82 Å². The standard InChI is InChI=1S/C14H16FN3/c1-2-18-9-17-14-12(18)7-8-16-13(14)10-3-5-11(15)6-4-10/h3-6,9,13,16H,2,7-8H2,1H3. The van der Waals surface area contributed by atoms with Crippen LogP contribution >= 0.6 is 0 Å². The molecule has 2 heterocycles. The number of fused-ring (bicyclic) bond motifs is 1. The number of hydrogen-bond donors (Lipinski definition) is 1. The van der Waals surface area contributed by atoms with Gasteiger partial charge in [0.15, 0.2) is 0 Å². The Bertz CT molecular complexity index is 545. The number of halogens is 1. The predicted octanol–water partition coefficient (Wildman–Crippen LogP) is 2.28. The van der Waals surface area contributed by atoms with Crippen LogP contribution in [0.2, 0.25) is 0 Å². The van der Waals surface area contributed by atoms with Crippen molar-refractivity contribution in [3.63, 3.8) is 0 Å². The average Bonchev–Trinajstić information content (AvgIpc) is 2.82. The van der Waals surface area contributed by atoms with Gasteiger partial charge in [0.05, 0.1) is 18.1 Å². The third kappa shape index (κ3) is 1.82. The second-order valence-electron chi connectivity index (χ2n) is 4.55. The first-order chi connectivity index (χ1) is 8.79. The minimum atomic E-state index is -0.200. The van der Waals surface area contributed by atoms with Crippen molar-refractivity contribution in [2.75, 3.05) is 6.54 Å². The zero-order valence-corrected chi connectivity index (χ0v) is 10.4. The number of imidazole rings is 1. The lowest BCUT2D eigenvalue weighted by Gasteiger charge is -2.24. The summed E-state index contributed by atoms with van der Waals surface area (Å²) in [5.74, 6) is -0.200. The fraction of sp³-hybridized carbons (Fsp3) is 0.357. The zero-order valence-electron chi connectivity index (χ0n) is 10.4. The smallest absolute Gasteiger partial charge is 0.123 e. The zero-order chi connectivity index (χ0) is 12.5. The second kappa shape index (κ2) is 4.53. The van der Waals surface area contributed by atoms with Crippen LogP contribution < -0.4 is 5.32 Å². The molecule has 94 valence electrons. The molecule has 2 aromatic rings. The molecular weight excluding hydrogens is 229 g/mol. The number of benzene rings is 1. The molecule has 0 radical (unpaired) electrons. The van der Waals surface area contributed by atoms with Crippen molar-refractivity contribution < 1.29 is 4.39 Å². The van der Waals surface area contributed by atoms with E-state index in [1.54, 1.807) is 0 Å². The number of hydrogen-bond acceptors (Lipinski definition) is 2. The summed E-state index contributed by atoms with van der Waals surface area (Å²) < 4.78 is 15.2. The summed E-state index contributed by atoms with van der Waals surface area (Å²) >= 11 is 0. The van der Waals surface area contributed by atoms with E-state index in [0.29, 0.717) is 0 Å². The summed E-state index contributed by atoms with van der Waals surface area (Å²) in [5.41, 5.74) is 3.44. The maximum Gasteiger partial charge on any atom is 0.123 e. The monoisotopic (exact) mass is 245 g/mol. The summed E-state index contributed by atoms with van der Waals surface area (Å²) in [6.45, 7) is 4.00. The van der Waals surface area contributed by atoms with Crippen LogP contribution in [0.25, 0.3) is 0 Å². The molecule has 0 bridgehead atoms. The topological polar surface area (TPSA) is 29.9 Å². The number of aromatic nitrogens is 2. The van der Waals surface area contributed by atoms with E-state index in [4.69, 9.17) is 0 Å². The number of rotatable bonds is 2. The van der Waals surface area contributed by atoms with Crippen LogP contribution in [-0.4, -0.2) is 16.1 Å². The molecule has 1 N–H and O–H groups in total. The average molecular weight is 245 g/mol. The molecule has 0 saturated heterocycles. The first-order valence-corrected chi connectivity index (χ1v) is 6.32. The van der Waals surface area contributed by atoms with Crippen molar-refractivity contribution in [1.82, 2.24) is 14.9 Å². The summed E-state index contributed by atoms with van der Waals surface area (Å²) in [5, 5.41) is 3.45. The van der Waals surface area contributed by atoms with Crippen LogP contribution in [0.1, 0.15) is 29.9 Å². The van der Waals surface area contributed by atoms with Gasteiger partial charge in [-0.2, -0.15) is 0 Å². The highest BCUT2D eigenvalue weighted by Crippen LogP contribution is 2.27. The van der Waals surface area contributed by atoms with Crippen molar-refractivity contribution in [2.24, 2.45) is 0 Å². The maximum atomic E-state index is 13.0. The van der Waals surface area contributed by atoms with Gasteiger partial charge in [-0.25, -0.2) is 9.37 Å². The molecule has 18 heavy (non-hydrogen) atoms. The Balaban J connectivity index is 2.00. The third-order valence-electron chi connectivity index (χ3n) is 3.51. The Labute approximate surface area is 106 Å². The van der Waals surface area contributed by atoms with Crippen LogP contribution in [-0.2, 0) is 13.0 Å². The maximum absolute atomic E-state index is 13.0. The quantitative estimate of drug-likeness (QED) is 0.879. The molecule has 1 aliphatic heterocycles. The van der Waals surface area contributed by atoms with E-state index in [9.17, 15) is 4.39 Å². The third-order valence-corrected chi connectivity index (χ3v) is 3.51. The molecule has 1 aromatic heterocycles. The van der Waals surface area contributed by atoms with E-state index >= 15 is 0 Å². The van der Waals surface area contributed by atoms with Gasteiger partial charge in [-0.1, -0.05) is 12.1 Å². The van der Waals surface area contributed by atoms with Gasteiger partial charge in [0.2, 0.25) is 0 Å². The largest absolute Gasteiger partial charge is 0.334 e. The van der Waals surface area contributed by atoms with E-state index < -0.39 is 0 Å². The van der Waals surface area contributed by atoms with Crippen LogP contribution in [0.4, 0.5) is 4.39 Å². The molecule has 0 aliphatic carbocycles. The minimum Gasteiger partial charge on any atom is -0.334 e. The minimum absolute atomic E-state index is 0.0853. The molecular formula is C14H16FN3. The first-order valence-electron chi connectivity index (χ1n) is 6.32. The van der Waals surface area contributed by atoms with Crippen molar-refractivity contribution in [1.29, 1.82) is 0 Å². The molecule has 0 fully saturated rings. The molecule has 0 spiro atoms. The van der Waals surface area contributed by atoms with E-state index in [1.165, 1.54) is 17.8 Å². The molecule has 3 nitrogen and oxygen atoms in total. The molecule has 0 amide bonds. The Kier molecular flexibility index (Phi) is 2.88. The van der Waals surface area contributed by atoms with Gasteiger partial charge in [-0.15, -0.1) is 0 Å². The van der Waals surface area contributed by atoms with Crippen molar-refractivity contribution in [2.45, 2.75) is 25.9 Å². The Morgan fingerprint density at radius 2 is 2.17 bits per heavy atom. The summed E-state index contributed by atoms with van der Waals surface area (Å²) in [4.78, 5) is 4.51. The summed E-state index contributed by atoms with van der Waals surface area (Å²) in [6.07, 6.45) is 2.90. The van der Waals surface area contributed by atoms with Gasteiger partial charge < -0.3 is 9.88 Å². The normalized spacial score (nSPS) is 18.7. The highest BCUT2D eigenvalue weighted by atomic mass is 19.1. The Morgan fingerprint density at radius 1 is 1.39 bits per heavy atom. The number of nitrogens with zero attached hydrogens (tertiary/aromatic N) is 2. The highest BCUT2D eigenvalue weighted by Gasteiger charge is 2.25. The number of nitrogens with one attached hydrogen (secondary N) is 1. The van der Waals surface area contributed by atoms with Gasteiger partial charge in [0.25, 0.3) is 0 Å². The van der Waals surface area contributed by atoms with Crippen molar-refractivity contribution in [3.05, 3.63) is 53.4 Å². The number of aryl methyl sites for hydroxylation is 1. The molecule has 1 aromatic carbocycles. The molecule has 1 aliphatic rings. The second-order valence-corrected chi connectivity index (χ2v) is 4.55. The first kappa shape index (κ1) is 11.4. The van der Waals surface area contributed by atoms with Crippen molar-refractivity contribution in [3.8, 4) is 0 Å². The van der Waals surface area contributed by atoms with E-state index in [1.807, 2.05) is 18.5 Å². The molecule has 0 saturated carbocycles. The van der Waals surface area contributed by atoms with E-state index in [2.05, 4.69) is 21.8 Å². The molecule has 1 unspecified atom stereocenters. The van der Waals surface area contributed by atoms with Gasteiger partial charge in [-0.3, -0.25) is 0 Å². The van der Waals surface area contributed by atoms with Crippen LogP contribution in [0.3, 0.4) is 0 Å². The lowest BCUT2D eigenvalue weighted by molar-refractivity contribution is 0.536. The fourth-order valence-electron chi connectivity index (χ4n) is 2.57. The van der Waals surface area contributed by atoms with Gasteiger partial charge >= 0.3 is 0 Å². The van der Waals surface area contributed by atoms with Gasteiger partial charge in [-0.05, 0) is 24.6 Å². The Hall–Kier alpha value is -1.68. The van der Waals surface area contributed by atoms with E-state index in [0.717, 1.165) is 30.8 Å². The van der Waals surface area contributed by atoms with Crippen LogP contribution in [0.5, 0.6) is 0 Å². The van der Waals surface area contributed by atoms with Crippen LogP contribution in [0.15, 0.2) is 30.6 Å². The SMILES string of the molecule is CCn1cnc2c1CCNC2c1ccc(F)cc1. The lowest BCUT2D eigenvalue weighted by atomic mass is 9.98. The molecule has 4 heteroatoms. The van der Waals surface area contributed by atoms with E-state index in [-0.39, 0.29) is 11.9 Å². The molecule has 1 atom stereocenters. The van der Waals surface area contributed by atoms with Crippen molar-refractivity contribution >= 4 is 0 Å². The highest BCUT2D eigenvalue weighted by molar-refractivity contribution is 5.33. The van der Waals surface area contributed by atoms with Gasteiger partial charge in [0, 0.05) is 25.2 Å². The lowest BCUT2D eigenvalue weighted by Crippen LogP contribution is -2.31. The summed E-state index contributed by atoms with van der Waals surface area (Å²) in [7, 11) is 0. The predicted molar refractivity (Wildman–Crippen MR) is 67.9 cm³/mol. The summed E-state index contributed by atoms with van der Waals surface area (Å²) in [6, 6.07) is 6.74. The molecule has 3 rings (SSSR count). The Morgan fingerprint density at radius 3 is 2.89 bits per heavy atom. The van der Waals surface area contributed by atoms with Crippen LogP contribution in [0, 0.1) is 5.82 Å². The fourth-order valence-corrected chi connectivity index (χ4v) is 2.57.